The third kappa shape index (κ3) is 3.85. The number of rotatable bonds is 6. The smallest absolute Gasteiger partial charge is 0.231 e. The summed E-state index contributed by atoms with van der Waals surface area (Å²) in [6.07, 6.45) is 7.02. The molecule has 0 bridgehead atoms. The van der Waals surface area contributed by atoms with E-state index >= 15 is 0 Å². The molecule has 0 aliphatic rings. The molecule has 0 atom stereocenters. The van der Waals surface area contributed by atoms with E-state index in [4.69, 9.17) is 4.74 Å². The van der Waals surface area contributed by atoms with Gasteiger partial charge in [0.05, 0.1) is 30.3 Å². The zero-order valence-electron chi connectivity index (χ0n) is 16.6. The maximum absolute atomic E-state index is 5.58. The number of fused-ring (bicyclic) bond motifs is 1. The van der Waals surface area contributed by atoms with Crippen LogP contribution in [0.15, 0.2) is 54.7 Å². The van der Waals surface area contributed by atoms with E-state index in [1.807, 2.05) is 35.9 Å². The molecular formula is C20H17N9OS. The van der Waals surface area contributed by atoms with Crippen molar-refractivity contribution >= 4 is 45.1 Å². The van der Waals surface area contributed by atoms with Crippen LogP contribution in [0.1, 0.15) is 5.69 Å². The Balaban J connectivity index is 1.47. The molecule has 0 unspecified atom stereocenters. The highest BCUT2D eigenvalue weighted by Gasteiger charge is 2.13. The summed E-state index contributed by atoms with van der Waals surface area (Å²) >= 11 is 1.45. The Hall–Kier alpha value is -4.12. The van der Waals surface area contributed by atoms with E-state index in [1.54, 1.807) is 37.4 Å². The number of anilines is 4. The van der Waals surface area contributed by atoms with Crippen LogP contribution in [0.2, 0.25) is 0 Å². The molecule has 5 aromatic rings. The van der Waals surface area contributed by atoms with Crippen LogP contribution in [0.4, 0.5) is 23.4 Å². The van der Waals surface area contributed by atoms with Gasteiger partial charge in [-0.3, -0.25) is 0 Å². The minimum absolute atomic E-state index is 0.394. The molecule has 5 rings (SSSR count). The van der Waals surface area contributed by atoms with Crippen LogP contribution < -0.4 is 15.4 Å². The third-order valence-corrected chi connectivity index (χ3v) is 5.24. The lowest BCUT2D eigenvalue weighted by atomic mass is 10.2. The van der Waals surface area contributed by atoms with E-state index in [1.165, 1.54) is 11.3 Å². The predicted octanol–water partition coefficient (Wildman–Crippen LogP) is 3.87. The number of hydrogen-bond acceptors (Lipinski definition) is 10. The fourth-order valence-corrected chi connectivity index (χ4v) is 3.69. The Morgan fingerprint density at radius 3 is 2.65 bits per heavy atom. The Kier molecular flexibility index (Phi) is 4.84. The van der Waals surface area contributed by atoms with E-state index in [0.717, 1.165) is 21.8 Å². The van der Waals surface area contributed by atoms with Crippen molar-refractivity contribution in [2.45, 2.75) is 6.92 Å². The average Bonchev–Trinajstić information content (AvgIpc) is 3.43. The Morgan fingerprint density at radius 1 is 1.00 bits per heavy atom. The van der Waals surface area contributed by atoms with Crippen molar-refractivity contribution in [2.24, 2.45) is 0 Å². The van der Waals surface area contributed by atoms with Crippen LogP contribution in [-0.4, -0.2) is 41.6 Å². The fourth-order valence-electron chi connectivity index (χ4n) is 3.02. The molecule has 0 aliphatic carbocycles. The summed E-state index contributed by atoms with van der Waals surface area (Å²) in [7, 11) is 1.63. The normalized spacial score (nSPS) is 10.9. The highest BCUT2D eigenvalue weighted by molar-refractivity contribution is 7.17. The number of ether oxygens (including phenoxy) is 1. The second kappa shape index (κ2) is 7.95. The van der Waals surface area contributed by atoms with Crippen molar-refractivity contribution in [1.82, 2.24) is 34.5 Å². The van der Waals surface area contributed by atoms with Gasteiger partial charge >= 0.3 is 0 Å². The summed E-state index contributed by atoms with van der Waals surface area (Å²) in [5.74, 6) is 2.11. The van der Waals surface area contributed by atoms with E-state index in [-0.39, 0.29) is 0 Å². The Morgan fingerprint density at radius 2 is 1.87 bits per heavy atom. The molecule has 0 saturated heterocycles. The largest absolute Gasteiger partial charge is 0.494 e. The average molecular weight is 431 g/mol. The van der Waals surface area contributed by atoms with E-state index < -0.39 is 0 Å². The number of hydrogen-bond donors (Lipinski definition) is 2. The first-order valence-electron chi connectivity index (χ1n) is 9.31. The summed E-state index contributed by atoms with van der Waals surface area (Å²) in [5.41, 5.74) is 4.89. The molecule has 0 fully saturated rings. The second-order valence-corrected chi connectivity index (χ2v) is 7.39. The SMILES string of the molecule is COc1cc(Nc2nc(Nc3ncccn3)c3scnc3n2)ccc1-n1cnc(C)c1. The summed E-state index contributed by atoms with van der Waals surface area (Å²) in [4.78, 5) is 26.1. The van der Waals surface area contributed by atoms with Crippen LogP contribution in [0.25, 0.3) is 16.0 Å². The van der Waals surface area contributed by atoms with E-state index in [2.05, 4.69) is 40.5 Å². The number of methoxy groups -OCH3 is 1. The molecule has 2 N–H and O–H groups in total. The number of nitrogens with zero attached hydrogens (tertiary/aromatic N) is 7. The van der Waals surface area contributed by atoms with Gasteiger partial charge in [0, 0.05) is 30.3 Å². The lowest BCUT2D eigenvalue weighted by Gasteiger charge is -2.12. The number of nitrogens with one attached hydrogen (secondary N) is 2. The van der Waals surface area contributed by atoms with Crippen molar-refractivity contribution in [3.63, 3.8) is 0 Å². The molecule has 0 spiro atoms. The van der Waals surface area contributed by atoms with Crippen LogP contribution in [0.5, 0.6) is 5.75 Å². The molecular weight excluding hydrogens is 414 g/mol. The first kappa shape index (κ1) is 18.9. The number of aryl methyl sites for hydroxylation is 1. The molecule has 154 valence electrons. The van der Waals surface area contributed by atoms with Crippen molar-refractivity contribution in [3.8, 4) is 11.4 Å². The van der Waals surface area contributed by atoms with Gasteiger partial charge in [0.15, 0.2) is 11.5 Å². The quantitative estimate of drug-likeness (QED) is 0.413. The molecule has 31 heavy (non-hydrogen) atoms. The van der Waals surface area contributed by atoms with Gasteiger partial charge < -0.3 is 19.9 Å². The molecule has 0 aliphatic heterocycles. The van der Waals surface area contributed by atoms with Crippen molar-refractivity contribution in [3.05, 3.63) is 60.4 Å². The first-order valence-corrected chi connectivity index (χ1v) is 10.2. The summed E-state index contributed by atoms with van der Waals surface area (Å²) in [6.45, 7) is 1.94. The predicted molar refractivity (Wildman–Crippen MR) is 119 cm³/mol. The monoisotopic (exact) mass is 431 g/mol. The highest BCUT2D eigenvalue weighted by atomic mass is 32.1. The van der Waals surface area contributed by atoms with Crippen molar-refractivity contribution in [1.29, 1.82) is 0 Å². The van der Waals surface area contributed by atoms with Crippen LogP contribution in [-0.2, 0) is 0 Å². The van der Waals surface area contributed by atoms with Gasteiger partial charge in [-0.25, -0.2) is 19.9 Å². The topological polar surface area (TPSA) is 116 Å². The maximum atomic E-state index is 5.58. The molecule has 0 amide bonds. The third-order valence-electron chi connectivity index (χ3n) is 4.41. The lowest BCUT2D eigenvalue weighted by Crippen LogP contribution is -2.04. The van der Waals surface area contributed by atoms with Gasteiger partial charge in [-0.1, -0.05) is 0 Å². The highest BCUT2D eigenvalue weighted by Crippen LogP contribution is 2.30. The number of aromatic nitrogens is 7. The second-order valence-electron chi connectivity index (χ2n) is 6.53. The van der Waals surface area contributed by atoms with Crippen molar-refractivity contribution < 1.29 is 4.74 Å². The van der Waals surface area contributed by atoms with Crippen LogP contribution in [0, 0.1) is 6.92 Å². The zero-order valence-corrected chi connectivity index (χ0v) is 17.5. The van der Waals surface area contributed by atoms with Gasteiger partial charge in [0.25, 0.3) is 0 Å². The number of imidazole rings is 1. The molecule has 0 saturated carbocycles. The van der Waals surface area contributed by atoms with Gasteiger partial charge in [-0.2, -0.15) is 9.97 Å². The standard InChI is InChI=1S/C20H17N9OS/c1-12-9-29(10-23-12)14-5-4-13(8-15(14)30-2)25-20-26-17-16(31-11-24-17)18(28-20)27-19-21-6-3-7-22-19/h3-11H,1-2H3,(H2,21,22,25,26,27,28). The molecule has 0 radical (unpaired) electrons. The lowest BCUT2D eigenvalue weighted by molar-refractivity contribution is 0.413. The molecule has 4 aromatic heterocycles. The zero-order chi connectivity index (χ0) is 21.2. The molecule has 4 heterocycles. The maximum Gasteiger partial charge on any atom is 0.231 e. The minimum Gasteiger partial charge on any atom is -0.494 e. The first-order chi connectivity index (χ1) is 15.2. The Bertz CT molecular complexity index is 1350. The number of thiazole rings is 1. The Labute approximate surface area is 181 Å². The van der Waals surface area contributed by atoms with E-state index in [0.29, 0.717) is 29.1 Å². The molecule has 11 heteroatoms. The summed E-state index contributed by atoms with van der Waals surface area (Å²) < 4.78 is 8.31. The van der Waals surface area contributed by atoms with Crippen LogP contribution >= 0.6 is 11.3 Å². The van der Waals surface area contributed by atoms with E-state index in [9.17, 15) is 0 Å². The molecule has 1 aromatic carbocycles. The minimum atomic E-state index is 0.394. The van der Waals surface area contributed by atoms with Crippen molar-refractivity contribution in [2.75, 3.05) is 17.7 Å². The summed E-state index contributed by atoms with van der Waals surface area (Å²) in [5, 5.41) is 6.36. The van der Waals surface area contributed by atoms with Crippen LogP contribution in [0.3, 0.4) is 0 Å². The van der Waals surface area contributed by atoms with Gasteiger partial charge in [-0.05, 0) is 25.1 Å². The number of benzene rings is 1. The van der Waals surface area contributed by atoms with Gasteiger partial charge in [0.1, 0.15) is 10.4 Å². The van der Waals surface area contributed by atoms with Gasteiger partial charge in [-0.15, -0.1) is 11.3 Å². The van der Waals surface area contributed by atoms with Gasteiger partial charge in [0.2, 0.25) is 11.9 Å². The fraction of sp³-hybridized carbons (Fsp3) is 0.100. The summed E-state index contributed by atoms with van der Waals surface area (Å²) in [6, 6.07) is 7.51. The molecule has 10 nitrogen and oxygen atoms in total.